The highest BCUT2D eigenvalue weighted by Gasteiger charge is 2.63. The quantitative estimate of drug-likeness (QED) is 0.783. The molecule has 1 aliphatic heterocycles. The van der Waals surface area contributed by atoms with Crippen molar-refractivity contribution < 1.29 is 4.79 Å². The molecule has 3 heteroatoms. The molecule has 18 heavy (non-hydrogen) atoms. The second-order valence-electron chi connectivity index (χ2n) is 7.50. The van der Waals surface area contributed by atoms with Crippen LogP contribution in [0.3, 0.4) is 0 Å². The van der Waals surface area contributed by atoms with Crippen molar-refractivity contribution in [2.45, 2.75) is 56.9 Å². The van der Waals surface area contributed by atoms with Crippen LogP contribution in [0.4, 0.5) is 0 Å². The van der Waals surface area contributed by atoms with Crippen LogP contribution in [0, 0.1) is 23.2 Å². The third-order valence-electron chi connectivity index (χ3n) is 6.52. The number of rotatable bonds is 2. The van der Waals surface area contributed by atoms with E-state index in [1.165, 1.54) is 38.5 Å². The molecule has 1 saturated heterocycles. The smallest absolute Gasteiger partial charge is 0.238 e. The van der Waals surface area contributed by atoms with Gasteiger partial charge in [-0.15, -0.1) is 0 Å². The standard InChI is InChI=1S/C15H24N2O/c16-13(18)15(2-1-3-17-15)14-7-10-4-11(8-14)6-12(5-10)9-14/h10-12,17H,1-9H2,(H2,16,18)/t10?,11?,12?,14?,15-/m0/s1. The maximum atomic E-state index is 12.2. The molecule has 1 atom stereocenters. The zero-order valence-corrected chi connectivity index (χ0v) is 11.1. The van der Waals surface area contributed by atoms with Gasteiger partial charge in [-0.05, 0) is 81.1 Å². The molecule has 0 unspecified atom stereocenters. The summed E-state index contributed by atoms with van der Waals surface area (Å²) in [5.41, 5.74) is 5.71. The first-order valence-electron chi connectivity index (χ1n) is 7.68. The fourth-order valence-electron chi connectivity index (χ4n) is 6.30. The zero-order valence-electron chi connectivity index (χ0n) is 11.1. The fourth-order valence-corrected chi connectivity index (χ4v) is 6.30. The third kappa shape index (κ3) is 1.26. The topological polar surface area (TPSA) is 55.1 Å². The Morgan fingerprint density at radius 3 is 2.00 bits per heavy atom. The molecule has 5 aliphatic rings. The Hall–Kier alpha value is -0.570. The summed E-state index contributed by atoms with van der Waals surface area (Å²) in [6, 6.07) is 0. The first-order chi connectivity index (χ1) is 8.64. The summed E-state index contributed by atoms with van der Waals surface area (Å²) in [5, 5.41) is 3.55. The van der Waals surface area contributed by atoms with Gasteiger partial charge >= 0.3 is 0 Å². The van der Waals surface area contributed by atoms with E-state index in [0.29, 0.717) is 0 Å². The van der Waals surface area contributed by atoms with Gasteiger partial charge < -0.3 is 11.1 Å². The number of nitrogens with one attached hydrogen (secondary N) is 1. The van der Waals surface area contributed by atoms with Gasteiger partial charge in [-0.1, -0.05) is 0 Å². The van der Waals surface area contributed by atoms with E-state index < -0.39 is 0 Å². The van der Waals surface area contributed by atoms with E-state index in [-0.39, 0.29) is 16.9 Å². The average molecular weight is 248 g/mol. The van der Waals surface area contributed by atoms with Crippen molar-refractivity contribution >= 4 is 5.91 Å². The Labute approximate surface area is 109 Å². The summed E-state index contributed by atoms with van der Waals surface area (Å²) >= 11 is 0. The van der Waals surface area contributed by atoms with Crippen LogP contribution >= 0.6 is 0 Å². The lowest BCUT2D eigenvalue weighted by Gasteiger charge is -2.62. The minimum atomic E-state index is -0.358. The highest BCUT2D eigenvalue weighted by Crippen LogP contribution is 2.64. The van der Waals surface area contributed by atoms with Gasteiger partial charge in [-0.25, -0.2) is 0 Å². The van der Waals surface area contributed by atoms with E-state index >= 15 is 0 Å². The van der Waals surface area contributed by atoms with Crippen LogP contribution in [0.25, 0.3) is 0 Å². The van der Waals surface area contributed by atoms with Gasteiger partial charge in [0.1, 0.15) is 5.54 Å². The number of hydrogen-bond donors (Lipinski definition) is 2. The predicted octanol–water partition coefficient (Wildman–Crippen LogP) is 1.81. The Morgan fingerprint density at radius 2 is 1.61 bits per heavy atom. The molecule has 0 radical (unpaired) electrons. The van der Waals surface area contributed by atoms with E-state index in [4.69, 9.17) is 5.73 Å². The first-order valence-corrected chi connectivity index (χ1v) is 7.68. The molecule has 4 bridgehead atoms. The lowest BCUT2D eigenvalue weighted by atomic mass is 9.44. The van der Waals surface area contributed by atoms with Crippen molar-refractivity contribution in [3.8, 4) is 0 Å². The normalized spacial score (nSPS) is 53.9. The number of amides is 1. The molecule has 3 N–H and O–H groups in total. The Bertz CT molecular complexity index is 349. The van der Waals surface area contributed by atoms with Gasteiger partial charge in [0.05, 0.1) is 0 Å². The number of nitrogens with two attached hydrogens (primary N) is 1. The lowest BCUT2D eigenvalue weighted by Crippen LogP contribution is -2.67. The van der Waals surface area contributed by atoms with Crippen molar-refractivity contribution in [2.75, 3.05) is 6.54 Å². The van der Waals surface area contributed by atoms with E-state index in [0.717, 1.165) is 37.1 Å². The van der Waals surface area contributed by atoms with Crippen LogP contribution < -0.4 is 11.1 Å². The van der Waals surface area contributed by atoms with Crippen molar-refractivity contribution in [2.24, 2.45) is 28.9 Å². The van der Waals surface area contributed by atoms with Crippen LogP contribution in [0.1, 0.15) is 51.4 Å². The molecule has 5 fully saturated rings. The molecular formula is C15H24N2O. The molecule has 1 amide bonds. The SMILES string of the molecule is NC(=O)[C@]1(C23CC4CC(CC(C4)C2)C3)CCCN1. The van der Waals surface area contributed by atoms with Crippen molar-refractivity contribution in [1.82, 2.24) is 5.32 Å². The number of primary amides is 1. The minimum absolute atomic E-state index is 0.0676. The molecule has 0 aromatic heterocycles. The lowest BCUT2D eigenvalue weighted by molar-refractivity contribution is -0.145. The van der Waals surface area contributed by atoms with Crippen LogP contribution in [-0.4, -0.2) is 18.0 Å². The number of carbonyl (C=O) groups excluding carboxylic acids is 1. The summed E-state index contributed by atoms with van der Waals surface area (Å²) in [7, 11) is 0. The van der Waals surface area contributed by atoms with Crippen LogP contribution in [0.15, 0.2) is 0 Å². The number of carbonyl (C=O) groups is 1. The highest BCUT2D eigenvalue weighted by molar-refractivity contribution is 5.86. The maximum absolute atomic E-state index is 12.2. The molecule has 1 heterocycles. The van der Waals surface area contributed by atoms with Crippen molar-refractivity contribution in [3.63, 3.8) is 0 Å². The van der Waals surface area contributed by atoms with Gasteiger partial charge in [-0.3, -0.25) is 4.79 Å². The second-order valence-corrected chi connectivity index (χ2v) is 7.50. The maximum Gasteiger partial charge on any atom is 0.238 e. The first kappa shape index (κ1) is 11.3. The van der Waals surface area contributed by atoms with Crippen LogP contribution in [0.5, 0.6) is 0 Å². The van der Waals surface area contributed by atoms with E-state index in [9.17, 15) is 4.79 Å². The predicted molar refractivity (Wildman–Crippen MR) is 69.8 cm³/mol. The molecule has 0 aromatic rings. The molecule has 4 saturated carbocycles. The summed E-state index contributed by atoms with van der Waals surface area (Å²) < 4.78 is 0. The summed E-state index contributed by atoms with van der Waals surface area (Å²) in [6.45, 7) is 0.977. The third-order valence-corrected chi connectivity index (χ3v) is 6.52. The molecule has 4 aliphatic carbocycles. The molecule has 0 aromatic carbocycles. The van der Waals surface area contributed by atoms with Gasteiger partial charge in [0.25, 0.3) is 0 Å². The van der Waals surface area contributed by atoms with Gasteiger partial charge in [0.15, 0.2) is 0 Å². The van der Waals surface area contributed by atoms with Crippen LogP contribution in [-0.2, 0) is 4.79 Å². The highest BCUT2D eigenvalue weighted by atomic mass is 16.1. The Morgan fingerprint density at radius 1 is 1.06 bits per heavy atom. The second kappa shape index (κ2) is 3.50. The molecule has 100 valence electrons. The number of hydrogen-bond acceptors (Lipinski definition) is 2. The van der Waals surface area contributed by atoms with Crippen LogP contribution in [0.2, 0.25) is 0 Å². The fraction of sp³-hybridized carbons (Fsp3) is 0.933. The molecule has 5 rings (SSSR count). The summed E-state index contributed by atoms with van der Waals surface area (Å²) in [6.07, 6.45) is 10.1. The molecule has 3 nitrogen and oxygen atoms in total. The summed E-state index contributed by atoms with van der Waals surface area (Å²) in [4.78, 5) is 12.2. The zero-order chi connectivity index (χ0) is 12.4. The monoisotopic (exact) mass is 248 g/mol. The molecule has 0 spiro atoms. The Kier molecular flexibility index (Phi) is 2.19. The van der Waals surface area contributed by atoms with E-state index in [1.54, 1.807) is 0 Å². The summed E-state index contributed by atoms with van der Waals surface area (Å²) in [5.74, 6) is 2.58. The van der Waals surface area contributed by atoms with E-state index in [1.807, 2.05) is 0 Å². The van der Waals surface area contributed by atoms with E-state index in [2.05, 4.69) is 5.32 Å². The minimum Gasteiger partial charge on any atom is -0.368 e. The van der Waals surface area contributed by atoms with Gasteiger partial charge in [0.2, 0.25) is 5.91 Å². The van der Waals surface area contributed by atoms with Crippen molar-refractivity contribution in [3.05, 3.63) is 0 Å². The average Bonchev–Trinajstić information content (AvgIpc) is 2.77. The molecular weight excluding hydrogens is 224 g/mol. The van der Waals surface area contributed by atoms with Gasteiger partial charge in [0, 0.05) is 0 Å². The largest absolute Gasteiger partial charge is 0.368 e. The Balaban J connectivity index is 1.76. The van der Waals surface area contributed by atoms with Gasteiger partial charge in [-0.2, -0.15) is 0 Å². The van der Waals surface area contributed by atoms with Crippen molar-refractivity contribution in [1.29, 1.82) is 0 Å².